The second-order valence-electron chi connectivity index (χ2n) is 6.29. The van der Waals surface area contributed by atoms with E-state index in [1.165, 1.54) is 0 Å². The van der Waals surface area contributed by atoms with Crippen molar-refractivity contribution in [3.05, 3.63) is 94.9 Å². The number of nitrogens with zero attached hydrogens (tertiary/aromatic N) is 2. The second kappa shape index (κ2) is 7.33. The highest BCUT2D eigenvalue weighted by Gasteiger charge is 2.17. The summed E-state index contributed by atoms with van der Waals surface area (Å²) < 4.78 is 7.49. The van der Waals surface area contributed by atoms with E-state index in [0.29, 0.717) is 18.5 Å². The number of aromatic nitrogens is 1. The first-order valence-electron chi connectivity index (χ1n) is 8.65. The highest BCUT2D eigenvalue weighted by Crippen LogP contribution is 2.38. The Morgan fingerprint density at radius 1 is 0.852 bits per heavy atom. The molecule has 27 heavy (non-hydrogen) atoms. The fourth-order valence-corrected chi connectivity index (χ4v) is 3.14. The zero-order chi connectivity index (χ0) is 18.6. The van der Waals surface area contributed by atoms with Crippen molar-refractivity contribution in [2.24, 2.45) is 5.18 Å². The zero-order valence-corrected chi connectivity index (χ0v) is 14.6. The number of nitroso groups, excluding NO2 is 1. The van der Waals surface area contributed by atoms with Crippen LogP contribution in [0.1, 0.15) is 11.1 Å². The monoisotopic (exact) mass is 358 g/mol. The molecule has 0 saturated heterocycles. The molecule has 0 atom stereocenters. The van der Waals surface area contributed by atoms with Gasteiger partial charge in [0, 0.05) is 5.39 Å². The van der Waals surface area contributed by atoms with Crippen LogP contribution in [0, 0.1) is 4.91 Å². The number of hydrogen-bond acceptors (Lipinski definition) is 4. The summed E-state index contributed by atoms with van der Waals surface area (Å²) in [6.45, 7) is 0.943. The van der Waals surface area contributed by atoms with Gasteiger partial charge < -0.3 is 14.4 Å². The lowest BCUT2D eigenvalue weighted by molar-refractivity contribution is 0.306. The lowest BCUT2D eigenvalue weighted by Gasteiger charge is -2.09. The molecule has 134 valence electrons. The third-order valence-corrected chi connectivity index (χ3v) is 4.52. The molecule has 1 aromatic heterocycles. The third kappa shape index (κ3) is 3.40. The number of aromatic hydroxyl groups is 1. The number of rotatable bonds is 6. The van der Waals surface area contributed by atoms with Gasteiger partial charge in [-0.25, -0.2) is 0 Å². The summed E-state index contributed by atoms with van der Waals surface area (Å²) in [5.41, 5.74) is 2.94. The minimum absolute atomic E-state index is 0.0772. The molecule has 0 aliphatic rings. The van der Waals surface area contributed by atoms with Gasteiger partial charge in [-0.15, -0.1) is 4.91 Å². The summed E-state index contributed by atoms with van der Waals surface area (Å²) >= 11 is 0. The molecule has 0 radical (unpaired) electrons. The molecule has 4 aromatic rings. The van der Waals surface area contributed by atoms with Crippen LogP contribution in [0.5, 0.6) is 11.6 Å². The highest BCUT2D eigenvalue weighted by molar-refractivity contribution is 5.95. The molecule has 5 heteroatoms. The van der Waals surface area contributed by atoms with Crippen LogP contribution >= 0.6 is 0 Å². The van der Waals surface area contributed by atoms with Crippen LogP contribution in [0.4, 0.5) is 5.69 Å². The van der Waals surface area contributed by atoms with Gasteiger partial charge in [-0.2, -0.15) is 0 Å². The first kappa shape index (κ1) is 16.8. The summed E-state index contributed by atoms with van der Waals surface area (Å²) in [6.07, 6.45) is 0. The van der Waals surface area contributed by atoms with Crippen molar-refractivity contribution in [1.82, 2.24) is 4.57 Å². The van der Waals surface area contributed by atoms with Gasteiger partial charge in [0.1, 0.15) is 12.4 Å². The maximum absolute atomic E-state index is 11.1. The Morgan fingerprint density at radius 3 is 2.30 bits per heavy atom. The number of para-hydroxylation sites is 1. The van der Waals surface area contributed by atoms with Gasteiger partial charge in [-0.3, -0.25) is 0 Å². The minimum atomic E-state index is -0.115. The molecule has 0 amide bonds. The van der Waals surface area contributed by atoms with E-state index >= 15 is 0 Å². The van der Waals surface area contributed by atoms with E-state index in [4.69, 9.17) is 4.74 Å². The Hall–Kier alpha value is -3.60. The Kier molecular flexibility index (Phi) is 4.58. The lowest BCUT2D eigenvalue weighted by atomic mass is 10.2. The Bertz CT molecular complexity index is 1070. The zero-order valence-electron chi connectivity index (χ0n) is 14.6. The van der Waals surface area contributed by atoms with Crippen molar-refractivity contribution in [2.45, 2.75) is 13.2 Å². The van der Waals surface area contributed by atoms with Crippen LogP contribution < -0.4 is 4.74 Å². The molecule has 0 aliphatic carbocycles. The molecular formula is C22H18N2O3. The molecule has 0 fully saturated rings. The normalized spacial score (nSPS) is 10.8. The summed E-state index contributed by atoms with van der Waals surface area (Å²) in [5.74, 6) is 0.662. The number of benzene rings is 3. The molecule has 5 nitrogen and oxygen atoms in total. The van der Waals surface area contributed by atoms with Crippen LogP contribution in [-0.2, 0) is 13.2 Å². The number of hydrogen-bond donors (Lipinski definition) is 1. The van der Waals surface area contributed by atoms with E-state index < -0.39 is 0 Å². The van der Waals surface area contributed by atoms with Gasteiger partial charge in [0.25, 0.3) is 0 Å². The SMILES string of the molecule is O=Nc1c(O)n(Cc2ccc(OCc3ccccc3)cc2)c2ccccc12. The van der Waals surface area contributed by atoms with Crippen LogP contribution in [0.25, 0.3) is 10.9 Å². The van der Waals surface area contributed by atoms with E-state index in [2.05, 4.69) is 5.18 Å². The van der Waals surface area contributed by atoms with Crippen molar-refractivity contribution in [2.75, 3.05) is 0 Å². The largest absolute Gasteiger partial charge is 0.493 e. The van der Waals surface area contributed by atoms with Gasteiger partial charge in [0.15, 0.2) is 5.69 Å². The maximum atomic E-state index is 11.1. The molecule has 1 heterocycles. The lowest BCUT2D eigenvalue weighted by Crippen LogP contribution is -1.99. The van der Waals surface area contributed by atoms with Crippen molar-refractivity contribution < 1.29 is 9.84 Å². The van der Waals surface area contributed by atoms with Gasteiger partial charge in [-0.05, 0) is 34.5 Å². The minimum Gasteiger partial charge on any atom is -0.493 e. The summed E-state index contributed by atoms with van der Waals surface area (Å²) in [7, 11) is 0. The van der Waals surface area contributed by atoms with Gasteiger partial charge in [-0.1, -0.05) is 60.7 Å². The topological polar surface area (TPSA) is 63.8 Å². The molecule has 0 aliphatic heterocycles. The molecule has 3 aromatic carbocycles. The standard InChI is InChI=1S/C22H18N2O3/c25-22-21(23-26)19-8-4-5-9-20(19)24(22)14-16-10-12-18(13-11-16)27-15-17-6-2-1-3-7-17/h1-13,25H,14-15H2. The first-order chi connectivity index (χ1) is 13.3. The fraction of sp³-hybridized carbons (Fsp3) is 0.0909. The van der Waals surface area contributed by atoms with Gasteiger partial charge in [0.2, 0.25) is 5.88 Å². The van der Waals surface area contributed by atoms with Crippen LogP contribution in [0.2, 0.25) is 0 Å². The van der Waals surface area contributed by atoms with Crippen molar-refractivity contribution in [3.63, 3.8) is 0 Å². The number of fused-ring (bicyclic) bond motifs is 1. The quantitative estimate of drug-likeness (QED) is 0.471. The van der Waals surface area contributed by atoms with E-state index in [0.717, 1.165) is 22.4 Å². The molecule has 0 unspecified atom stereocenters. The molecular weight excluding hydrogens is 340 g/mol. The summed E-state index contributed by atoms with van der Waals surface area (Å²) in [4.78, 5) is 11.1. The third-order valence-electron chi connectivity index (χ3n) is 4.52. The number of ether oxygens (including phenoxy) is 1. The molecule has 0 spiro atoms. The van der Waals surface area contributed by atoms with Crippen LogP contribution in [0.15, 0.2) is 84.0 Å². The van der Waals surface area contributed by atoms with Crippen molar-refractivity contribution in [3.8, 4) is 11.6 Å². The predicted molar refractivity (Wildman–Crippen MR) is 105 cm³/mol. The summed E-state index contributed by atoms with van der Waals surface area (Å²) in [5, 5.41) is 14.0. The Labute approximate surface area is 156 Å². The average Bonchev–Trinajstić information content (AvgIpc) is 2.99. The molecule has 0 saturated carbocycles. The average molecular weight is 358 g/mol. The van der Waals surface area contributed by atoms with Crippen molar-refractivity contribution in [1.29, 1.82) is 0 Å². The molecule has 4 rings (SSSR count). The van der Waals surface area contributed by atoms with E-state index in [-0.39, 0.29) is 11.6 Å². The van der Waals surface area contributed by atoms with E-state index in [1.807, 2.05) is 72.8 Å². The highest BCUT2D eigenvalue weighted by atomic mass is 16.5. The molecule has 1 N–H and O–H groups in total. The van der Waals surface area contributed by atoms with Gasteiger partial charge in [0.05, 0.1) is 12.1 Å². The summed E-state index contributed by atoms with van der Waals surface area (Å²) in [6, 6.07) is 25.0. The van der Waals surface area contributed by atoms with Crippen LogP contribution in [0.3, 0.4) is 0 Å². The van der Waals surface area contributed by atoms with Gasteiger partial charge >= 0.3 is 0 Å². The maximum Gasteiger partial charge on any atom is 0.222 e. The molecule has 0 bridgehead atoms. The van der Waals surface area contributed by atoms with Crippen molar-refractivity contribution >= 4 is 16.6 Å². The van der Waals surface area contributed by atoms with E-state index in [9.17, 15) is 10.0 Å². The fourth-order valence-electron chi connectivity index (χ4n) is 3.14. The van der Waals surface area contributed by atoms with Crippen LogP contribution in [-0.4, -0.2) is 9.67 Å². The Balaban J connectivity index is 1.53. The van der Waals surface area contributed by atoms with E-state index in [1.54, 1.807) is 10.6 Å². The predicted octanol–water partition coefficient (Wildman–Crippen LogP) is 5.37. The second-order valence-corrected chi connectivity index (χ2v) is 6.29. The smallest absolute Gasteiger partial charge is 0.222 e. The Morgan fingerprint density at radius 2 is 1.56 bits per heavy atom. The first-order valence-corrected chi connectivity index (χ1v) is 8.65.